The molecular formula is C27H26F3NO3. The Kier molecular flexibility index (Phi) is 5.82. The van der Waals surface area contributed by atoms with Crippen molar-refractivity contribution in [3.63, 3.8) is 0 Å². The fraction of sp³-hybridized carbons (Fsp3) is 0.444. The van der Waals surface area contributed by atoms with Gasteiger partial charge in [0.05, 0.1) is 17.2 Å². The molecule has 0 spiro atoms. The molecule has 1 aromatic heterocycles. The molecule has 0 radical (unpaired) electrons. The summed E-state index contributed by atoms with van der Waals surface area (Å²) < 4.78 is 44.7. The minimum Gasteiger partial charge on any atom is -0.462 e. The van der Waals surface area contributed by atoms with Crippen molar-refractivity contribution in [3.05, 3.63) is 59.9 Å². The van der Waals surface area contributed by atoms with Gasteiger partial charge < -0.3 is 4.74 Å². The van der Waals surface area contributed by atoms with Crippen LogP contribution in [-0.2, 0) is 20.5 Å². The lowest BCUT2D eigenvalue weighted by atomic mass is 9.57. The van der Waals surface area contributed by atoms with Crippen molar-refractivity contribution >= 4 is 17.8 Å². The van der Waals surface area contributed by atoms with Crippen LogP contribution in [0.1, 0.15) is 43.9 Å². The number of Topliss-reactive ketones (excluding diaryl/α,β-unsaturated/α-hetero) is 1. The normalized spacial score (nSPS) is 31.3. The Balaban J connectivity index is 1.38. The van der Waals surface area contributed by atoms with Crippen LogP contribution in [0.15, 0.2) is 48.7 Å². The summed E-state index contributed by atoms with van der Waals surface area (Å²) in [6, 6.07) is 8.75. The van der Waals surface area contributed by atoms with Gasteiger partial charge in [0.1, 0.15) is 11.9 Å². The summed E-state index contributed by atoms with van der Waals surface area (Å²) >= 11 is 0. The molecule has 6 unspecified atom stereocenters. The van der Waals surface area contributed by atoms with Crippen molar-refractivity contribution in [1.29, 1.82) is 0 Å². The van der Waals surface area contributed by atoms with Crippen molar-refractivity contribution < 1.29 is 27.5 Å². The van der Waals surface area contributed by atoms with Crippen LogP contribution in [0.2, 0.25) is 0 Å². The number of alkyl halides is 3. The highest BCUT2D eigenvalue weighted by atomic mass is 19.4. The number of esters is 1. The number of ether oxygens (including phenoxy) is 1. The first-order chi connectivity index (χ1) is 16.2. The van der Waals surface area contributed by atoms with Crippen molar-refractivity contribution in [1.82, 2.24) is 4.98 Å². The second kappa shape index (κ2) is 8.67. The number of carbonyl (C=O) groups excluding carboxylic acids is 2. The van der Waals surface area contributed by atoms with E-state index in [-0.39, 0.29) is 41.5 Å². The highest BCUT2D eigenvalue weighted by Crippen LogP contribution is 2.53. The first kappa shape index (κ1) is 22.8. The Morgan fingerprint density at radius 2 is 1.94 bits per heavy atom. The Bertz CT molecular complexity index is 1120. The van der Waals surface area contributed by atoms with Gasteiger partial charge in [0, 0.05) is 30.5 Å². The SMILES string of the molecule is CC1OC(=O)C2CC3CC(=O)CCC3C(/C=C/c3ccc(-c4cccc(C(F)(F)F)c4)cn3)C12. The minimum atomic E-state index is -4.39. The van der Waals surface area contributed by atoms with E-state index >= 15 is 0 Å². The Hall–Kier alpha value is -2.96. The highest BCUT2D eigenvalue weighted by molar-refractivity contribution is 5.80. The summed E-state index contributed by atoms with van der Waals surface area (Å²) in [5.41, 5.74) is 1.07. The van der Waals surface area contributed by atoms with Gasteiger partial charge in [-0.05, 0) is 67.4 Å². The summed E-state index contributed by atoms with van der Waals surface area (Å²) in [7, 11) is 0. The molecule has 1 aliphatic heterocycles. The van der Waals surface area contributed by atoms with Crippen molar-refractivity contribution in [2.45, 2.75) is 44.9 Å². The van der Waals surface area contributed by atoms with Crippen LogP contribution >= 0.6 is 0 Å². The molecule has 2 heterocycles. The van der Waals surface area contributed by atoms with Crippen molar-refractivity contribution in [2.24, 2.45) is 29.6 Å². The molecule has 2 aromatic rings. The number of benzene rings is 1. The molecule has 3 fully saturated rings. The Morgan fingerprint density at radius 1 is 1.12 bits per heavy atom. The van der Waals surface area contributed by atoms with E-state index in [1.807, 2.05) is 13.0 Å². The lowest BCUT2D eigenvalue weighted by Gasteiger charge is -2.45. The Labute approximate surface area is 196 Å². The molecule has 7 heteroatoms. The second-order valence-corrected chi connectivity index (χ2v) is 9.75. The lowest BCUT2D eigenvalue weighted by Crippen LogP contribution is -2.44. The third-order valence-electron chi connectivity index (χ3n) is 7.76. The van der Waals surface area contributed by atoms with Crippen LogP contribution in [0.25, 0.3) is 17.2 Å². The molecule has 2 aliphatic carbocycles. The van der Waals surface area contributed by atoms with E-state index < -0.39 is 11.7 Å². The largest absolute Gasteiger partial charge is 0.462 e. The number of hydrogen-bond acceptors (Lipinski definition) is 4. The van der Waals surface area contributed by atoms with Gasteiger partial charge in [0.25, 0.3) is 0 Å². The highest BCUT2D eigenvalue weighted by Gasteiger charge is 2.54. The zero-order valence-electron chi connectivity index (χ0n) is 18.8. The molecule has 0 N–H and O–H groups in total. The predicted molar refractivity (Wildman–Crippen MR) is 120 cm³/mol. The van der Waals surface area contributed by atoms with Gasteiger partial charge in [0.2, 0.25) is 0 Å². The number of pyridine rings is 1. The van der Waals surface area contributed by atoms with Crippen LogP contribution in [0.3, 0.4) is 0 Å². The number of ketones is 1. The molecule has 6 atom stereocenters. The molecule has 0 amide bonds. The summed E-state index contributed by atoms with van der Waals surface area (Å²) in [5, 5.41) is 0. The molecule has 5 rings (SSSR count). The van der Waals surface area contributed by atoms with Gasteiger partial charge >= 0.3 is 12.1 Å². The van der Waals surface area contributed by atoms with Gasteiger partial charge in [-0.15, -0.1) is 0 Å². The van der Waals surface area contributed by atoms with Crippen molar-refractivity contribution in [3.8, 4) is 11.1 Å². The number of hydrogen-bond donors (Lipinski definition) is 0. The zero-order valence-corrected chi connectivity index (χ0v) is 18.8. The number of halogens is 3. The summed E-state index contributed by atoms with van der Waals surface area (Å²) in [5.74, 6) is 0.672. The van der Waals surface area contributed by atoms with E-state index in [4.69, 9.17) is 4.74 Å². The van der Waals surface area contributed by atoms with E-state index in [0.717, 1.165) is 25.0 Å². The van der Waals surface area contributed by atoms with E-state index in [0.29, 0.717) is 35.6 Å². The van der Waals surface area contributed by atoms with Gasteiger partial charge in [-0.25, -0.2) is 0 Å². The van der Waals surface area contributed by atoms with Gasteiger partial charge in [-0.1, -0.05) is 24.3 Å². The van der Waals surface area contributed by atoms with Gasteiger partial charge in [0.15, 0.2) is 0 Å². The molecular weight excluding hydrogens is 443 g/mol. The molecule has 0 bridgehead atoms. The fourth-order valence-electron chi connectivity index (χ4n) is 6.18. The average molecular weight is 470 g/mol. The fourth-order valence-corrected chi connectivity index (χ4v) is 6.18. The minimum absolute atomic E-state index is 0.0857. The molecule has 34 heavy (non-hydrogen) atoms. The summed E-state index contributed by atoms with van der Waals surface area (Å²) in [6.45, 7) is 1.94. The topological polar surface area (TPSA) is 56.3 Å². The molecule has 2 saturated carbocycles. The maximum atomic E-state index is 13.0. The van der Waals surface area contributed by atoms with Crippen LogP contribution in [0.4, 0.5) is 13.2 Å². The number of cyclic esters (lactones) is 1. The van der Waals surface area contributed by atoms with Crippen LogP contribution < -0.4 is 0 Å². The lowest BCUT2D eigenvalue weighted by molar-refractivity contribution is -0.145. The Morgan fingerprint density at radius 3 is 2.68 bits per heavy atom. The third-order valence-corrected chi connectivity index (χ3v) is 7.76. The van der Waals surface area contributed by atoms with E-state index in [2.05, 4.69) is 11.1 Å². The van der Waals surface area contributed by atoms with E-state index in [1.54, 1.807) is 24.4 Å². The number of allylic oxidation sites excluding steroid dienone is 1. The molecule has 4 nitrogen and oxygen atoms in total. The first-order valence-electron chi connectivity index (χ1n) is 11.7. The summed E-state index contributed by atoms with van der Waals surface area (Å²) in [4.78, 5) is 28.9. The van der Waals surface area contributed by atoms with Crippen LogP contribution in [0.5, 0.6) is 0 Å². The molecule has 1 saturated heterocycles. The molecule has 3 aliphatic rings. The van der Waals surface area contributed by atoms with Gasteiger partial charge in [-0.2, -0.15) is 13.2 Å². The third kappa shape index (κ3) is 4.28. The standard InChI is InChI=1S/C27H26F3NO3/c1-15-25-23(22-10-8-21(32)12-18(22)13-24(25)26(33)34-15)9-7-20-6-5-17(14-31-20)16-3-2-4-19(11-16)27(28,29)30/h2-7,9,11,14-15,18,22-25H,8,10,12-13H2,1H3/b9-7+. The predicted octanol–water partition coefficient (Wildman–Crippen LogP) is 5.96. The maximum absolute atomic E-state index is 13.0. The average Bonchev–Trinajstić information content (AvgIpc) is 3.09. The summed E-state index contributed by atoms with van der Waals surface area (Å²) in [6.07, 6.45) is 3.70. The number of fused-ring (bicyclic) bond motifs is 2. The quantitative estimate of drug-likeness (QED) is 0.520. The zero-order chi connectivity index (χ0) is 24.0. The number of carbonyl (C=O) groups is 2. The smallest absolute Gasteiger partial charge is 0.416 e. The second-order valence-electron chi connectivity index (χ2n) is 9.75. The van der Waals surface area contributed by atoms with Crippen LogP contribution in [0, 0.1) is 29.6 Å². The molecule has 1 aromatic carbocycles. The van der Waals surface area contributed by atoms with E-state index in [9.17, 15) is 22.8 Å². The first-order valence-corrected chi connectivity index (χ1v) is 11.7. The van der Waals surface area contributed by atoms with E-state index in [1.165, 1.54) is 6.07 Å². The maximum Gasteiger partial charge on any atom is 0.416 e. The number of nitrogens with zero attached hydrogens (tertiary/aromatic N) is 1. The monoisotopic (exact) mass is 469 g/mol. The van der Waals surface area contributed by atoms with Crippen LogP contribution in [-0.4, -0.2) is 22.8 Å². The number of aromatic nitrogens is 1. The molecule has 178 valence electrons. The number of rotatable bonds is 3. The van der Waals surface area contributed by atoms with Crippen molar-refractivity contribution in [2.75, 3.05) is 0 Å². The van der Waals surface area contributed by atoms with Gasteiger partial charge in [-0.3, -0.25) is 14.6 Å².